The summed E-state index contributed by atoms with van der Waals surface area (Å²) in [6.07, 6.45) is 6.09. The van der Waals surface area contributed by atoms with Crippen molar-refractivity contribution in [2.45, 2.75) is 0 Å². The molecule has 3 rings (SSSR count). The van der Waals surface area contributed by atoms with Crippen LogP contribution in [-0.4, -0.2) is 0 Å². The molecule has 0 aliphatic heterocycles. The van der Waals surface area contributed by atoms with Gasteiger partial charge in [-0.25, -0.2) is 0 Å². The number of fused-ring (bicyclic) bond motifs is 3. The zero-order valence-electron chi connectivity index (χ0n) is 6.45. The molecule has 0 atom stereocenters. The van der Waals surface area contributed by atoms with Crippen molar-refractivity contribution in [3.8, 4) is 0 Å². The van der Waals surface area contributed by atoms with Crippen LogP contribution in [0, 0.1) is 6.42 Å². The van der Waals surface area contributed by atoms with E-state index in [2.05, 4.69) is 12.5 Å². The van der Waals surface area contributed by atoms with Crippen molar-refractivity contribution >= 4 is 17.0 Å². The first kappa shape index (κ1) is 6.06. The van der Waals surface area contributed by atoms with Crippen LogP contribution in [0.3, 0.4) is 0 Å². The van der Waals surface area contributed by atoms with Crippen molar-refractivity contribution in [1.82, 2.24) is 0 Å². The molecule has 0 bridgehead atoms. The van der Waals surface area contributed by atoms with Gasteiger partial charge < -0.3 is 4.42 Å². The fourth-order valence-corrected chi connectivity index (χ4v) is 1.61. The highest BCUT2D eigenvalue weighted by molar-refractivity contribution is 5.88. The highest BCUT2D eigenvalue weighted by Crippen LogP contribution is 2.31. The van der Waals surface area contributed by atoms with Crippen molar-refractivity contribution in [3.63, 3.8) is 0 Å². The lowest BCUT2D eigenvalue weighted by Gasteiger charge is -1.87. The Morgan fingerprint density at radius 2 is 2.00 bits per heavy atom. The van der Waals surface area contributed by atoms with Crippen LogP contribution in [0.1, 0.15) is 11.3 Å². The van der Waals surface area contributed by atoms with E-state index in [0.29, 0.717) is 0 Å². The third kappa shape index (κ3) is 0.632. The molecule has 0 unspecified atom stereocenters. The maximum atomic E-state index is 5.59. The second-order valence-corrected chi connectivity index (χ2v) is 2.90. The number of hydrogen-bond donors (Lipinski definition) is 0. The minimum atomic E-state index is 0.975. The van der Waals surface area contributed by atoms with Gasteiger partial charge in [-0.05, 0) is 12.1 Å². The Balaban J connectivity index is 2.49. The molecule has 1 radical (unpaired) electrons. The second-order valence-electron chi connectivity index (χ2n) is 2.90. The Labute approximate surface area is 70.3 Å². The van der Waals surface area contributed by atoms with Crippen LogP contribution in [0.5, 0.6) is 0 Å². The predicted molar refractivity (Wildman–Crippen MR) is 48.7 cm³/mol. The van der Waals surface area contributed by atoms with E-state index < -0.39 is 0 Å². The Hall–Kier alpha value is -1.50. The summed E-state index contributed by atoms with van der Waals surface area (Å²) >= 11 is 0. The molecular weight excluding hydrogens is 148 g/mol. The molecule has 1 aromatic carbocycles. The first-order valence-electron chi connectivity index (χ1n) is 3.98. The summed E-state index contributed by atoms with van der Waals surface area (Å²) in [6.45, 7) is 0. The molecule has 1 aliphatic rings. The van der Waals surface area contributed by atoms with Gasteiger partial charge in [-0.1, -0.05) is 24.3 Å². The maximum Gasteiger partial charge on any atom is 0.135 e. The normalized spacial score (nSPS) is 14.0. The third-order valence-electron chi connectivity index (χ3n) is 2.17. The molecule has 0 N–H and O–H groups in total. The topological polar surface area (TPSA) is 13.1 Å². The number of rotatable bonds is 0. The van der Waals surface area contributed by atoms with Crippen molar-refractivity contribution in [1.29, 1.82) is 0 Å². The quantitative estimate of drug-likeness (QED) is 0.570. The summed E-state index contributed by atoms with van der Waals surface area (Å²) in [5, 5.41) is 1.21. The highest BCUT2D eigenvalue weighted by Gasteiger charge is 2.13. The first-order valence-corrected chi connectivity index (χ1v) is 3.98. The Morgan fingerprint density at radius 3 is 3.00 bits per heavy atom. The number of para-hydroxylation sites is 1. The van der Waals surface area contributed by atoms with E-state index in [-0.39, 0.29) is 0 Å². The Kier molecular flexibility index (Phi) is 1.01. The number of allylic oxidation sites excluding steroid dienone is 1. The maximum absolute atomic E-state index is 5.59. The van der Waals surface area contributed by atoms with Crippen LogP contribution < -0.4 is 0 Å². The van der Waals surface area contributed by atoms with E-state index in [1.165, 1.54) is 10.9 Å². The van der Waals surface area contributed by atoms with Crippen molar-refractivity contribution in [3.05, 3.63) is 48.1 Å². The Morgan fingerprint density at radius 1 is 1.08 bits per heavy atom. The van der Waals surface area contributed by atoms with Crippen molar-refractivity contribution < 1.29 is 4.42 Å². The number of hydrogen-bond acceptors (Lipinski definition) is 1. The largest absolute Gasteiger partial charge is 0.456 e. The summed E-state index contributed by atoms with van der Waals surface area (Å²) in [5.41, 5.74) is 2.19. The van der Waals surface area contributed by atoms with Gasteiger partial charge >= 0.3 is 0 Å². The van der Waals surface area contributed by atoms with Crippen LogP contribution in [0.15, 0.2) is 34.8 Å². The van der Waals surface area contributed by atoms with Crippen molar-refractivity contribution in [2.24, 2.45) is 0 Å². The van der Waals surface area contributed by atoms with Gasteiger partial charge in [-0.2, -0.15) is 0 Å². The van der Waals surface area contributed by atoms with Crippen LogP contribution in [0.2, 0.25) is 0 Å². The molecule has 12 heavy (non-hydrogen) atoms. The zero-order chi connectivity index (χ0) is 7.97. The Bertz CT molecular complexity index is 463. The smallest absolute Gasteiger partial charge is 0.135 e. The lowest BCUT2D eigenvalue weighted by atomic mass is 10.1. The summed E-state index contributed by atoms with van der Waals surface area (Å²) < 4.78 is 5.59. The summed E-state index contributed by atoms with van der Waals surface area (Å²) in [5.74, 6) is 0.983. The minimum absolute atomic E-state index is 0.975. The lowest BCUT2D eigenvalue weighted by molar-refractivity contribution is 0.604. The highest BCUT2D eigenvalue weighted by atomic mass is 16.3. The van der Waals surface area contributed by atoms with Crippen LogP contribution in [0.25, 0.3) is 17.0 Å². The fraction of sp³-hybridized carbons (Fsp3) is 0. The molecule has 1 aliphatic carbocycles. The molecule has 0 spiro atoms. The van der Waals surface area contributed by atoms with Gasteiger partial charge in [0.1, 0.15) is 11.3 Å². The molecule has 0 amide bonds. The zero-order valence-corrected chi connectivity index (χ0v) is 6.45. The summed E-state index contributed by atoms with van der Waals surface area (Å²) in [4.78, 5) is 0. The van der Waals surface area contributed by atoms with Crippen LogP contribution >= 0.6 is 0 Å². The fourth-order valence-electron chi connectivity index (χ4n) is 1.61. The van der Waals surface area contributed by atoms with E-state index in [0.717, 1.165) is 11.3 Å². The molecule has 0 fully saturated rings. The van der Waals surface area contributed by atoms with Gasteiger partial charge in [0.2, 0.25) is 0 Å². The standard InChI is InChI=1S/C11H7O/c1-2-6-10-8(4-1)9-5-3-7-11(9)12-10/h1-7H. The molecule has 0 saturated carbocycles. The number of benzene rings is 1. The van der Waals surface area contributed by atoms with Gasteiger partial charge in [0.25, 0.3) is 0 Å². The van der Waals surface area contributed by atoms with E-state index in [9.17, 15) is 0 Å². The average Bonchev–Trinajstić information content (AvgIpc) is 2.62. The average molecular weight is 155 g/mol. The molecule has 57 valence electrons. The van der Waals surface area contributed by atoms with Gasteiger partial charge in [0.15, 0.2) is 0 Å². The van der Waals surface area contributed by atoms with E-state index in [4.69, 9.17) is 4.42 Å². The number of furan rings is 1. The molecule has 1 heterocycles. The first-order chi connectivity index (χ1) is 5.95. The molecule has 0 saturated heterocycles. The molecule has 1 heteroatoms. The van der Waals surface area contributed by atoms with E-state index in [1.807, 2.05) is 30.4 Å². The molecule has 2 aromatic rings. The summed E-state index contributed by atoms with van der Waals surface area (Å²) in [6, 6.07) is 8.10. The SMILES string of the molecule is [CH]1C=Cc2oc3ccccc3c21. The van der Waals surface area contributed by atoms with Gasteiger partial charge in [0.05, 0.1) is 0 Å². The predicted octanol–water partition coefficient (Wildman–Crippen LogP) is 3.01. The van der Waals surface area contributed by atoms with Gasteiger partial charge in [-0.15, -0.1) is 0 Å². The molecule has 1 aromatic heterocycles. The third-order valence-corrected chi connectivity index (χ3v) is 2.17. The molecule has 1 nitrogen and oxygen atoms in total. The monoisotopic (exact) mass is 155 g/mol. The van der Waals surface area contributed by atoms with E-state index >= 15 is 0 Å². The summed E-state index contributed by atoms with van der Waals surface area (Å²) in [7, 11) is 0. The van der Waals surface area contributed by atoms with Crippen LogP contribution in [0.4, 0.5) is 0 Å². The van der Waals surface area contributed by atoms with E-state index in [1.54, 1.807) is 0 Å². The van der Waals surface area contributed by atoms with Gasteiger partial charge in [-0.3, -0.25) is 0 Å². The molecular formula is C11H7O. The minimum Gasteiger partial charge on any atom is -0.456 e. The second kappa shape index (κ2) is 2.01. The lowest BCUT2D eigenvalue weighted by Crippen LogP contribution is -1.70. The van der Waals surface area contributed by atoms with Crippen LogP contribution in [-0.2, 0) is 0 Å². The van der Waals surface area contributed by atoms with Gasteiger partial charge in [0, 0.05) is 17.4 Å². The van der Waals surface area contributed by atoms with Crippen molar-refractivity contribution in [2.75, 3.05) is 0 Å².